The fourth-order valence-corrected chi connectivity index (χ4v) is 2.89. The van der Waals surface area contributed by atoms with Gasteiger partial charge in [-0.05, 0) is 36.0 Å². The van der Waals surface area contributed by atoms with Gasteiger partial charge in [0.05, 0.1) is 20.6 Å². The van der Waals surface area contributed by atoms with Gasteiger partial charge in [0.2, 0.25) is 5.91 Å². The van der Waals surface area contributed by atoms with Crippen LogP contribution >= 0.6 is 0 Å². The molecular formula is C24H36F3N3O6. The highest BCUT2D eigenvalue weighted by Gasteiger charge is 2.38. The number of rotatable bonds is 11. The number of aliphatic carboxylic acids is 1. The number of ketones is 1. The molecule has 0 bridgehead atoms. The molecule has 36 heavy (non-hydrogen) atoms. The highest BCUT2D eigenvalue weighted by Crippen LogP contribution is 2.27. The van der Waals surface area contributed by atoms with Gasteiger partial charge in [0.25, 0.3) is 0 Å². The number of carbonyl (C=O) groups is 3. The van der Waals surface area contributed by atoms with Crippen molar-refractivity contribution in [3.8, 4) is 11.5 Å². The monoisotopic (exact) mass is 519 g/mol. The topological polar surface area (TPSA) is 140 Å². The summed E-state index contributed by atoms with van der Waals surface area (Å²) in [5.41, 5.74) is 6.68. The molecule has 1 amide bonds. The van der Waals surface area contributed by atoms with Crippen molar-refractivity contribution in [3.05, 3.63) is 23.8 Å². The Labute approximate surface area is 209 Å². The van der Waals surface area contributed by atoms with E-state index in [-0.39, 0.29) is 24.1 Å². The van der Waals surface area contributed by atoms with Gasteiger partial charge in [-0.15, -0.1) is 0 Å². The molecular weight excluding hydrogens is 483 g/mol. The zero-order valence-corrected chi connectivity index (χ0v) is 21.4. The number of amides is 1. The number of ether oxygens (including phenoxy) is 2. The molecule has 1 aromatic carbocycles. The minimum absolute atomic E-state index is 0.0290. The molecule has 204 valence electrons. The number of alkyl halides is 3. The Morgan fingerprint density at radius 2 is 1.67 bits per heavy atom. The maximum Gasteiger partial charge on any atom is 0.490 e. The largest absolute Gasteiger partial charge is 0.493 e. The summed E-state index contributed by atoms with van der Waals surface area (Å²) in [6, 6.07) is 4.73. The van der Waals surface area contributed by atoms with Gasteiger partial charge in [-0.25, -0.2) is 9.79 Å². The second-order valence-corrected chi connectivity index (χ2v) is 8.56. The second-order valence-electron chi connectivity index (χ2n) is 8.56. The number of Topliss-reactive ketones (excluding diaryl/α,β-unsaturated/α-hetero) is 1. The number of nitrogens with two attached hydrogens (primary N) is 1. The highest BCUT2D eigenvalue weighted by atomic mass is 19.4. The molecule has 0 saturated heterocycles. The third-order valence-corrected chi connectivity index (χ3v) is 4.93. The predicted molar refractivity (Wildman–Crippen MR) is 129 cm³/mol. The minimum Gasteiger partial charge on any atom is -0.493 e. The molecule has 1 unspecified atom stereocenters. The Bertz CT molecular complexity index is 904. The number of carbonyl (C=O) groups excluding carboxylic acids is 2. The van der Waals surface area contributed by atoms with E-state index in [1.165, 1.54) is 7.11 Å². The first kappa shape index (κ1) is 32.7. The SMILES string of the molecule is CCC(C)CC(=O)[C@@H](CC(C)C)N=C(N)NC(=O)Cc1ccc(OC)c(OC)c1.O=C(O)C(F)(F)F. The van der Waals surface area contributed by atoms with Gasteiger partial charge in [0.1, 0.15) is 6.04 Å². The van der Waals surface area contributed by atoms with Crippen molar-refractivity contribution < 1.29 is 42.1 Å². The molecule has 0 aliphatic carbocycles. The van der Waals surface area contributed by atoms with Crippen LogP contribution in [0.2, 0.25) is 0 Å². The van der Waals surface area contributed by atoms with E-state index >= 15 is 0 Å². The summed E-state index contributed by atoms with van der Waals surface area (Å²) >= 11 is 0. The summed E-state index contributed by atoms with van der Waals surface area (Å²) < 4.78 is 42.2. The van der Waals surface area contributed by atoms with Crippen molar-refractivity contribution in [2.24, 2.45) is 22.6 Å². The van der Waals surface area contributed by atoms with Crippen molar-refractivity contribution in [1.29, 1.82) is 0 Å². The average molecular weight is 520 g/mol. The number of nitrogens with one attached hydrogen (secondary N) is 1. The number of halogens is 3. The van der Waals surface area contributed by atoms with E-state index in [1.807, 2.05) is 20.8 Å². The molecule has 0 saturated carbocycles. The molecule has 0 spiro atoms. The van der Waals surface area contributed by atoms with Crippen LogP contribution in [0, 0.1) is 11.8 Å². The molecule has 1 aromatic rings. The number of guanidine groups is 1. The summed E-state index contributed by atoms with van der Waals surface area (Å²) in [7, 11) is 3.09. The molecule has 0 aromatic heterocycles. The summed E-state index contributed by atoms with van der Waals surface area (Å²) in [5, 5.41) is 9.71. The van der Waals surface area contributed by atoms with E-state index in [2.05, 4.69) is 17.2 Å². The molecule has 0 fully saturated rings. The summed E-state index contributed by atoms with van der Waals surface area (Å²) in [5.74, 6) is -1.30. The van der Waals surface area contributed by atoms with Gasteiger partial charge in [0.15, 0.2) is 23.2 Å². The third kappa shape index (κ3) is 13.0. The lowest BCUT2D eigenvalue weighted by Crippen LogP contribution is -2.39. The van der Waals surface area contributed by atoms with Crippen molar-refractivity contribution in [3.63, 3.8) is 0 Å². The van der Waals surface area contributed by atoms with Crippen LogP contribution in [0.4, 0.5) is 13.2 Å². The van der Waals surface area contributed by atoms with Gasteiger partial charge in [-0.2, -0.15) is 13.2 Å². The van der Waals surface area contributed by atoms with Crippen molar-refractivity contribution in [2.45, 2.75) is 65.6 Å². The van der Waals surface area contributed by atoms with E-state index < -0.39 is 18.2 Å². The first-order chi connectivity index (χ1) is 16.6. The highest BCUT2D eigenvalue weighted by molar-refractivity contribution is 5.98. The quantitative estimate of drug-likeness (QED) is 0.299. The van der Waals surface area contributed by atoms with E-state index in [0.717, 1.165) is 12.0 Å². The molecule has 1 rings (SSSR count). The van der Waals surface area contributed by atoms with E-state index in [1.54, 1.807) is 25.3 Å². The number of hydrogen-bond acceptors (Lipinski definition) is 6. The fraction of sp³-hybridized carbons (Fsp3) is 0.583. The Hall–Kier alpha value is -3.31. The maximum atomic E-state index is 12.6. The number of benzene rings is 1. The standard InChI is InChI=1S/C22H35N3O4.C2HF3O2/c1-7-15(4)11-18(26)17(10-14(2)3)24-22(23)25-21(27)13-16-8-9-19(28-5)20(12-16)29-6;3-2(4,5)1(6)7/h8-9,12,14-15,17H,7,10-11,13H2,1-6H3,(H3,23,24,25,27);(H,6,7)/t15?,17-;/m1./s1. The molecule has 2 atom stereocenters. The number of aliphatic imine (C=N–C) groups is 1. The zero-order valence-electron chi connectivity index (χ0n) is 21.4. The first-order valence-electron chi connectivity index (χ1n) is 11.3. The smallest absolute Gasteiger partial charge is 0.490 e. The summed E-state index contributed by atoms with van der Waals surface area (Å²) in [6.07, 6.45) is -2.99. The van der Waals surface area contributed by atoms with Crippen LogP contribution in [-0.4, -0.2) is 55.2 Å². The number of carboxylic acids is 1. The van der Waals surface area contributed by atoms with Gasteiger partial charge in [-0.1, -0.05) is 40.2 Å². The van der Waals surface area contributed by atoms with Gasteiger partial charge >= 0.3 is 12.1 Å². The van der Waals surface area contributed by atoms with Crippen LogP contribution in [0.25, 0.3) is 0 Å². The fourth-order valence-electron chi connectivity index (χ4n) is 2.89. The Kier molecular flexibility index (Phi) is 14.2. The van der Waals surface area contributed by atoms with Crippen molar-refractivity contribution in [2.75, 3.05) is 14.2 Å². The summed E-state index contributed by atoms with van der Waals surface area (Å²) in [6.45, 7) is 8.17. The number of nitrogens with zero attached hydrogens (tertiary/aromatic N) is 1. The average Bonchev–Trinajstić information content (AvgIpc) is 2.77. The summed E-state index contributed by atoms with van der Waals surface area (Å²) in [4.78, 5) is 38.1. The lowest BCUT2D eigenvalue weighted by atomic mass is 9.93. The van der Waals surface area contributed by atoms with Crippen LogP contribution in [0.3, 0.4) is 0 Å². The number of carboxylic acid groups (broad SMARTS) is 1. The normalized spacial score (nSPS) is 13.2. The molecule has 12 heteroatoms. The van der Waals surface area contributed by atoms with E-state index in [0.29, 0.717) is 36.2 Å². The van der Waals surface area contributed by atoms with Crippen LogP contribution in [-0.2, 0) is 20.8 Å². The predicted octanol–water partition coefficient (Wildman–Crippen LogP) is 3.73. The van der Waals surface area contributed by atoms with Crippen LogP contribution in [0.15, 0.2) is 23.2 Å². The van der Waals surface area contributed by atoms with Gasteiger partial charge in [0, 0.05) is 6.42 Å². The van der Waals surface area contributed by atoms with Crippen LogP contribution in [0.5, 0.6) is 11.5 Å². The molecule has 0 radical (unpaired) electrons. The second kappa shape index (κ2) is 15.6. The van der Waals surface area contributed by atoms with Crippen LogP contribution < -0.4 is 20.5 Å². The Morgan fingerprint density at radius 1 is 1.11 bits per heavy atom. The lowest BCUT2D eigenvalue weighted by Gasteiger charge is -2.17. The number of hydrogen-bond donors (Lipinski definition) is 3. The third-order valence-electron chi connectivity index (χ3n) is 4.93. The first-order valence-corrected chi connectivity index (χ1v) is 11.3. The minimum atomic E-state index is -5.08. The molecule has 4 N–H and O–H groups in total. The van der Waals surface area contributed by atoms with E-state index in [4.69, 9.17) is 25.1 Å². The van der Waals surface area contributed by atoms with Crippen LogP contribution in [0.1, 0.15) is 52.5 Å². The van der Waals surface area contributed by atoms with Gasteiger partial charge < -0.3 is 20.3 Å². The number of methoxy groups -OCH3 is 2. The molecule has 0 heterocycles. The van der Waals surface area contributed by atoms with Crippen molar-refractivity contribution in [1.82, 2.24) is 5.32 Å². The zero-order chi connectivity index (χ0) is 28.1. The maximum absolute atomic E-state index is 12.6. The lowest BCUT2D eigenvalue weighted by molar-refractivity contribution is -0.192. The molecule has 0 aliphatic heterocycles. The Morgan fingerprint density at radius 3 is 2.11 bits per heavy atom. The Balaban J connectivity index is 0.00000152. The van der Waals surface area contributed by atoms with E-state index in [9.17, 15) is 22.8 Å². The molecule has 0 aliphatic rings. The molecule has 9 nitrogen and oxygen atoms in total. The van der Waals surface area contributed by atoms with Gasteiger partial charge in [-0.3, -0.25) is 14.9 Å². The van der Waals surface area contributed by atoms with Crippen molar-refractivity contribution >= 4 is 23.6 Å².